The Morgan fingerprint density at radius 2 is 1.47 bits per heavy atom. The number of hydrogen-bond donors (Lipinski definition) is 1. The number of benzene rings is 1. The maximum atomic E-state index is 13.5. The zero-order valence-corrected chi connectivity index (χ0v) is 18.7. The fourth-order valence-corrected chi connectivity index (χ4v) is 7.31. The molecule has 0 atom stereocenters. The fourth-order valence-electron chi connectivity index (χ4n) is 6.82. The molecule has 0 spiro atoms. The second kappa shape index (κ2) is 7.99. The molecule has 1 saturated heterocycles. The van der Waals surface area contributed by atoms with Crippen LogP contribution in [0.1, 0.15) is 38.5 Å². The maximum absolute atomic E-state index is 13.5. The SMILES string of the molecule is O=C(CN1CCN(C(=O)C23CC4CC(CC(C4)C2)C3)CC1)Nc1c(Cl)cccc1Cl. The van der Waals surface area contributed by atoms with Crippen LogP contribution in [-0.2, 0) is 9.59 Å². The summed E-state index contributed by atoms with van der Waals surface area (Å²) in [5.74, 6) is 2.60. The summed E-state index contributed by atoms with van der Waals surface area (Å²) in [4.78, 5) is 30.2. The number of nitrogens with one attached hydrogen (secondary N) is 1. The first-order chi connectivity index (χ1) is 14.4. The standard InChI is InChI=1S/C23H29Cl2N3O2/c24-18-2-1-3-19(25)21(18)26-20(29)14-27-4-6-28(7-5-27)22(30)23-11-15-8-16(12-23)10-17(9-15)13-23/h1-3,15-17H,4-14H2,(H,26,29). The Balaban J connectivity index is 1.15. The van der Waals surface area contributed by atoms with Crippen LogP contribution in [0.15, 0.2) is 18.2 Å². The average molecular weight is 450 g/mol. The van der Waals surface area contributed by atoms with Crippen molar-refractivity contribution in [1.29, 1.82) is 0 Å². The van der Waals surface area contributed by atoms with Gasteiger partial charge in [-0.25, -0.2) is 0 Å². The molecule has 5 nitrogen and oxygen atoms in total. The highest BCUT2D eigenvalue weighted by atomic mass is 35.5. The predicted octanol–water partition coefficient (Wildman–Crippen LogP) is 4.29. The molecule has 6 rings (SSSR count). The first kappa shape index (κ1) is 20.6. The number of para-hydroxylation sites is 1. The molecule has 1 heterocycles. The summed E-state index contributed by atoms with van der Waals surface area (Å²) in [5, 5.41) is 3.69. The highest BCUT2D eigenvalue weighted by molar-refractivity contribution is 6.39. The lowest BCUT2D eigenvalue weighted by Gasteiger charge is -2.57. The van der Waals surface area contributed by atoms with Gasteiger partial charge in [0.05, 0.1) is 27.7 Å². The van der Waals surface area contributed by atoms with Crippen molar-refractivity contribution >= 4 is 40.7 Å². The number of nitrogens with zero attached hydrogens (tertiary/aromatic N) is 2. The predicted molar refractivity (Wildman–Crippen MR) is 119 cm³/mol. The van der Waals surface area contributed by atoms with Gasteiger partial charge >= 0.3 is 0 Å². The van der Waals surface area contributed by atoms with Crippen LogP contribution in [0.25, 0.3) is 0 Å². The van der Waals surface area contributed by atoms with Crippen molar-refractivity contribution in [3.8, 4) is 0 Å². The zero-order valence-electron chi connectivity index (χ0n) is 17.2. The molecule has 1 aromatic carbocycles. The Hall–Kier alpha value is -1.30. The summed E-state index contributed by atoms with van der Waals surface area (Å²) in [5.41, 5.74) is 0.385. The summed E-state index contributed by atoms with van der Waals surface area (Å²) in [7, 11) is 0. The lowest BCUT2D eigenvalue weighted by molar-refractivity contribution is -0.159. The third-order valence-electron chi connectivity index (χ3n) is 7.75. The van der Waals surface area contributed by atoms with Gasteiger partial charge in [0, 0.05) is 26.2 Å². The van der Waals surface area contributed by atoms with Gasteiger partial charge in [-0.1, -0.05) is 29.3 Å². The van der Waals surface area contributed by atoms with Crippen molar-refractivity contribution in [2.45, 2.75) is 38.5 Å². The monoisotopic (exact) mass is 449 g/mol. The summed E-state index contributed by atoms with van der Waals surface area (Å²) >= 11 is 12.3. The van der Waals surface area contributed by atoms with E-state index in [0.29, 0.717) is 34.7 Å². The van der Waals surface area contributed by atoms with Crippen LogP contribution in [0.2, 0.25) is 10.0 Å². The van der Waals surface area contributed by atoms with E-state index in [-0.39, 0.29) is 17.9 Å². The second-order valence-corrected chi connectivity index (χ2v) is 10.7. The molecule has 0 unspecified atom stereocenters. The summed E-state index contributed by atoms with van der Waals surface area (Å²) < 4.78 is 0. The third kappa shape index (κ3) is 3.85. The Kier molecular flexibility index (Phi) is 5.49. The minimum absolute atomic E-state index is 0.0743. The van der Waals surface area contributed by atoms with Gasteiger partial charge < -0.3 is 10.2 Å². The number of anilines is 1. The van der Waals surface area contributed by atoms with Crippen molar-refractivity contribution in [1.82, 2.24) is 9.80 Å². The number of rotatable bonds is 4. The van der Waals surface area contributed by atoms with E-state index in [1.54, 1.807) is 18.2 Å². The molecule has 30 heavy (non-hydrogen) atoms. The number of carbonyl (C=O) groups excluding carboxylic acids is 2. The lowest BCUT2D eigenvalue weighted by atomic mass is 9.49. The van der Waals surface area contributed by atoms with Gasteiger partial charge in [-0.05, 0) is 68.4 Å². The molecule has 4 saturated carbocycles. The van der Waals surface area contributed by atoms with Gasteiger partial charge in [0.2, 0.25) is 11.8 Å². The van der Waals surface area contributed by atoms with E-state index < -0.39 is 0 Å². The molecule has 1 N–H and O–H groups in total. The van der Waals surface area contributed by atoms with Crippen molar-refractivity contribution in [3.05, 3.63) is 28.2 Å². The zero-order chi connectivity index (χ0) is 20.9. The molecule has 4 aliphatic carbocycles. The summed E-state index contributed by atoms with van der Waals surface area (Å²) in [6.07, 6.45) is 7.39. The Morgan fingerprint density at radius 3 is 2.00 bits per heavy atom. The largest absolute Gasteiger partial charge is 0.340 e. The highest BCUT2D eigenvalue weighted by Gasteiger charge is 2.55. The van der Waals surface area contributed by atoms with Crippen LogP contribution in [0.5, 0.6) is 0 Å². The minimum Gasteiger partial charge on any atom is -0.340 e. The fraction of sp³-hybridized carbons (Fsp3) is 0.652. The smallest absolute Gasteiger partial charge is 0.238 e. The first-order valence-corrected chi connectivity index (χ1v) is 11.9. The molecule has 4 bridgehead atoms. The molecule has 1 aromatic rings. The molecule has 1 aliphatic heterocycles. The van der Waals surface area contributed by atoms with Gasteiger partial charge in [0.1, 0.15) is 0 Å². The minimum atomic E-state index is -0.133. The van der Waals surface area contributed by atoms with Gasteiger partial charge in [0.25, 0.3) is 0 Å². The Labute approximate surface area is 188 Å². The Bertz CT molecular complexity index is 795. The van der Waals surface area contributed by atoms with Crippen molar-refractivity contribution in [3.63, 3.8) is 0 Å². The van der Waals surface area contributed by atoms with Crippen molar-refractivity contribution in [2.75, 3.05) is 38.0 Å². The third-order valence-corrected chi connectivity index (χ3v) is 8.38. The van der Waals surface area contributed by atoms with E-state index in [1.807, 2.05) is 0 Å². The van der Waals surface area contributed by atoms with E-state index in [2.05, 4.69) is 15.1 Å². The van der Waals surface area contributed by atoms with Crippen LogP contribution in [0.3, 0.4) is 0 Å². The van der Waals surface area contributed by atoms with Crippen LogP contribution in [0.4, 0.5) is 5.69 Å². The van der Waals surface area contributed by atoms with Gasteiger partial charge in [0.15, 0.2) is 0 Å². The van der Waals surface area contributed by atoms with E-state index in [1.165, 1.54) is 19.3 Å². The van der Waals surface area contributed by atoms with Gasteiger partial charge in [-0.2, -0.15) is 0 Å². The van der Waals surface area contributed by atoms with E-state index in [4.69, 9.17) is 23.2 Å². The number of amides is 2. The molecule has 162 valence electrons. The molecule has 0 radical (unpaired) electrons. The number of halogens is 2. The van der Waals surface area contributed by atoms with E-state index >= 15 is 0 Å². The van der Waals surface area contributed by atoms with Crippen LogP contribution < -0.4 is 5.32 Å². The van der Waals surface area contributed by atoms with Crippen LogP contribution >= 0.6 is 23.2 Å². The first-order valence-electron chi connectivity index (χ1n) is 11.2. The number of carbonyl (C=O) groups is 2. The van der Waals surface area contributed by atoms with Crippen LogP contribution in [0, 0.1) is 23.2 Å². The normalized spacial score (nSPS) is 33.0. The summed E-state index contributed by atoms with van der Waals surface area (Å²) in [6.45, 7) is 3.14. The molecular weight excluding hydrogens is 421 g/mol. The van der Waals surface area contributed by atoms with Crippen LogP contribution in [-0.4, -0.2) is 54.3 Å². The number of piperazine rings is 1. The maximum Gasteiger partial charge on any atom is 0.238 e. The molecular formula is C23H29Cl2N3O2. The average Bonchev–Trinajstić information content (AvgIpc) is 2.70. The summed E-state index contributed by atoms with van der Waals surface area (Å²) in [6, 6.07) is 5.16. The topological polar surface area (TPSA) is 52.7 Å². The van der Waals surface area contributed by atoms with Crippen molar-refractivity contribution in [2.24, 2.45) is 23.2 Å². The lowest BCUT2D eigenvalue weighted by Crippen LogP contribution is -2.58. The number of hydrogen-bond acceptors (Lipinski definition) is 3. The molecule has 0 aromatic heterocycles. The highest BCUT2D eigenvalue weighted by Crippen LogP contribution is 2.60. The van der Waals surface area contributed by atoms with E-state index in [9.17, 15) is 9.59 Å². The molecule has 5 fully saturated rings. The Morgan fingerprint density at radius 1 is 0.933 bits per heavy atom. The van der Waals surface area contributed by atoms with E-state index in [0.717, 1.165) is 50.1 Å². The molecule has 5 aliphatic rings. The van der Waals surface area contributed by atoms with Crippen molar-refractivity contribution < 1.29 is 9.59 Å². The molecule has 2 amide bonds. The quantitative estimate of drug-likeness (QED) is 0.745. The second-order valence-electron chi connectivity index (χ2n) is 9.91. The molecule has 7 heteroatoms. The van der Waals surface area contributed by atoms with Gasteiger partial charge in [-0.3, -0.25) is 14.5 Å². The van der Waals surface area contributed by atoms with Gasteiger partial charge in [-0.15, -0.1) is 0 Å².